The number of carbonyl (C=O) groups excluding carboxylic acids is 2. The first-order chi connectivity index (χ1) is 18.3. The van der Waals surface area contributed by atoms with Gasteiger partial charge in [0.25, 0.3) is 5.91 Å². The summed E-state index contributed by atoms with van der Waals surface area (Å²) in [6, 6.07) is 0.550. The van der Waals surface area contributed by atoms with Gasteiger partial charge in [-0.1, -0.05) is 117 Å². The molecule has 0 aromatic heterocycles. The number of amides is 1. The molecule has 0 saturated carbocycles. The Hall–Kier alpha value is -2.05. The first-order valence-electron chi connectivity index (χ1n) is 14.9. The Morgan fingerprint density at radius 3 is 1.68 bits per heavy atom. The van der Waals surface area contributed by atoms with Crippen LogP contribution >= 0.6 is 0 Å². The molecule has 1 rings (SSSR count). The topological polar surface area (TPSA) is 55.4 Å². The van der Waals surface area contributed by atoms with Crippen molar-refractivity contribution in [2.45, 2.75) is 136 Å². The Kier molecular flexibility index (Phi) is 18.6. The van der Waals surface area contributed by atoms with Crippen molar-refractivity contribution in [3.8, 4) is 0 Å². The molecule has 7 heteroatoms. The van der Waals surface area contributed by atoms with Gasteiger partial charge in [-0.25, -0.2) is 18.0 Å². The zero-order chi connectivity index (χ0) is 28.2. The van der Waals surface area contributed by atoms with Crippen LogP contribution in [0.4, 0.5) is 13.2 Å². The third kappa shape index (κ3) is 14.8. The molecule has 218 valence electrons. The van der Waals surface area contributed by atoms with Crippen molar-refractivity contribution in [3.63, 3.8) is 0 Å². The van der Waals surface area contributed by atoms with Gasteiger partial charge in [-0.3, -0.25) is 4.79 Å². The van der Waals surface area contributed by atoms with Crippen LogP contribution in [0.15, 0.2) is 12.1 Å². The molecule has 0 bridgehead atoms. The van der Waals surface area contributed by atoms with Gasteiger partial charge >= 0.3 is 5.97 Å². The van der Waals surface area contributed by atoms with E-state index in [0.717, 1.165) is 25.3 Å². The Morgan fingerprint density at radius 1 is 0.737 bits per heavy atom. The summed E-state index contributed by atoms with van der Waals surface area (Å²) >= 11 is 0. The van der Waals surface area contributed by atoms with Crippen LogP contribution < -0.4 is 5.32 Å². The van der Waals surface area contributed by atoms with Crippen LogP contribution in [0, 0.1) is 23.4 Å². The minimum absolute atomic E-state index is 0.0539. The van der Waals surface area contributed by atoms with E-state index in [1.807, 2.05) is 13.8 Å². The molecule has 1 unspecified atom stereocenters. The van der Waals surface area contributed by atoms with E-state index < -0.39 is 40.9 Å². The zero-order valence-electron chi connectivity index (χ0n) is 23.9. The summed E-state index contributed by atoms with van der Waals surface area (Å²) in [5.41, 5.74) is -0.650. The summed E-state index contributed by atoms with van der Waals surface area (Å²) in [7, 11) is 0. The second-order valence-corrected chi connectivity index (χ2v) is 10.8. The SMILES string of the molecule is CCCCCCCCCCCCCCCCCCOC(=O)C(CC(C)C)NC(=O)c1ccc(F)c(F)c1F. The van der Waals surface area contributed by atoms with Gasteiger partial charge in [0.15, 0.2) is 17.5 Å². The Balaban J connectivity index is 2.16. The lowest BCUT2D eigenvalue weighted by molar-refractivity contribution is -0.146. The molecule has 1 N–H and O–H groups in total. The molecule has 1 amide bonds. The van der Waals surface area contributed by atoms with E-state index in [2.05, 4.69) is 12.2 Å². The number of nitrogens with one attached hydrogen (secondary N) is 1. The molecule has 0 saturated heterocycles. The normalized spacial score (nSPS) is 12.1. The monoisotopic (exact) mass is 541 g/mol. The van der Waals surface area contributed by atoms with Crippen molar-refractivity contribution >= 4 is 11.9 Å². The first-order valence-corrected chi connectivity index (χ1v) is 14.9. The summed E-state index contributed by atoms with van der Waals surface area (Å²) < 4.78 is 46.0. The van der Waals surface area contributed by atoms with E-state index in [1.54, 1.807) is 0 Å². The smallest absolute Gasteiger partial charge is 0.328 e. The van der Waals surface area contributed by atoms with Crippen LogP contribution in [0.1, 0.15) is 140 Å². The first kappa shape index (κ1) is 34.0. The fourth-order valence-electron chi connectivity index (χ4n) is 4.55. The molecule has 38 heavy (non-hydrogen) atoms. The maximum Gasteiger partial charge on any atom is 0.328 e. The van der Waals surface area contributed by atoms with Crippen LogP contribution in [0.25, 0.3) is 0 Å². The molecule has 0 heterocycles. The molecule has 0 radical (unpaired) electrons. The number of hydrogen-bond donors (Lipinski definition) is 1. The van der Waals surface area contributed by atoms with Gasteiger partial charge in [0.2, 0.25) is 0 Å². The van der Waals surface area contributed by atoms with Crippen molar-refractivity contribution in [1.29, 1.82) is 0 Å². The minimum Gasteiger partial charge on any atom is -0.464 e. The van der Waals surface area contributed by atoms with E-state index in [1.165, 1.54) is 83.5 Å². The summed E-state index contributed by atoms with van der Waals surface area (Å²) in [4.78, 5) is 25.0. The number of hydrogen-bond acceptors (Lipinski definition) is 3. The summed E-state index contributed by atoms with van der Waals surface area (Å²) in [6.07, 6.45) is 20.4. The van der Waals surface area contributed by atoms with Gasteiger partial charge in [0.05, 0.1) is 12.2 Å². The summed E-state index contributed by atoms with van der Waals surface area (Å²) in [5.74, 6) is -6.20. The van der Waals surface area contributed by atoms with Crippen LogP contribution in [0.2, 0.25) is 0 Å². The fraction of sp³-hybridized carbons (Fsp3) is 0.742. The Bertz CT molecular complexity index is 801. The quantitative estimate of drug-likeness (QED) is 0.0905. The van der Waals surface area contributed by atoms with Crippen molar-refractivity contribution < 1.29 is 27.5 Å². The number of esters is 1. The summed E-state index contributed by atoms with van der Waals surface area (Å²) in [6.45, 7) is 6.25. The van der Waals surface area contributed by atoms with Crippen LogP contribution in [-0.4, -0.2) is 24.5 Å². The molecule has 0 aliphatic rings. The molecular formula is C31H50F3NO3. The largest absolute Gasteiger partial charge is 0.464 e. The highest BCUT2D eigenvalue weighted by Gasteiger charge is 2.26. The van der Waals surface area contributed by atoms with E-state index >= 15 is 0 Å². The number of rotatable bonds is 22. The van der Waals surface area contributed by atoms with E-state index in [0.29, 0.717) is 6.07 Å². The van der Waals surface area contributed by atoms with Crippen molar-refractivity contribution in [2.24, 2.45) is 5.92 Å². The molecule has 0 aliphatic heterocycles. The average molecular weight is 542 g/mol. The van der Waals surface area contributed by atoms with Crippen molar-refractivity contribution in [2.75, 3.05) is 6.61 Å². The van der Waals surface area contributed by atoms with Gasteiger partial charge in [-0.15, -0.1) is 0 Å². The molecule has 1 atom stereocenters. The molecule has 1 aromatic carbocycles. The second kappa shape index (κ2) is 20.9. The van der Waals surface area contributed by atoms with E-state index in [4.69, 9.17) is 4.74 Å². The van der Waals surface area contributed by atoms with Gasteiger partial charge in [0.1, 0.15) is 6.04 Å². The highest BCUT2D eigenvalue weighted by Crippen LogP contribution is 2.17. The summed E-state index contributed by atoms with van der Waals surface area (Å²) in [5, 5.41) is 2.42. The highest BCUT2D eigenvalue weighted by atomic mass is 19.2. The van der Waals surface area contributed by atoms with Crippen LogP contribution in [-0.2, 0) is 9.53 Å². The van der Waals surface area contributed by atoms with Gasteiger partial charge in [-0.2, -0.15) is 0 Å². The van der Waals surface area contributed by atoms with Crippen LogP contribution in [0.3, 0.4) is 0 Å². The average Bonchev–Trinajstić information content (AvgIpc) is 2.88. The lowest BCUT2D eigenvalue weighted by Crippen LogP contribution is -2.43. The Morgan fingerprint density at radius 2 is 1.21 bits per heavy atom. The van der Waals surface area contributed by atoms with Gasteiger partial charge in [-0.05, 0) is 30.9 Å². The number of benzene rings is 1. The second-order valence-electron chi connectivity index (χ2n) is 10.8. The maximum atomic E-state index is 14.0. The third-order valence-electron chi connectivity index (χ3n) is 6.82. The Labute approximate surface area is 228 Å². The predicted molar refractivity (Wildman–Crippen MR) is 148 cm³/mol. The fourth-order valence-corrected chi connectivity index (χ4v) is 4.55. The van der Waals surface area contributed by atoms with E-state index in [9.17, 15) is 22.8 Å². The van der Waals surface area contributed by atoms with Crippen molar-refractivity contribution in [3.05, 3.63) is 35.1 Å². The van der Waals surface area contributed by atoms with Gasteiger partial charge in [0, 0.05) is 0 Å². The molecular weight excluding hydrogens is 491 g/mol. The number of halogens is 3. The number of unbranched alkanes of at least 4 members (excludes halogenated alkanes) is 15. The minimum atomic E-state index is -1.72. The molecule has 1 aromatic rings. The number of ether oxygens (including phenoxy) is 1. The molecule has 0 fully saturated rings. The lowest BCUT2D eigenvalue weighted by atomic mass is 10.0. The maximum absolute atomic E-state index is 14.0. The highest BCUT2D eigenvalue weighted by molar-refractivity contribution is 5.97. The van der Waals surface area contributed by atoms with Crippen molar-refractivity contribution in [1.82, 2.24) is 5.32 Å². The standard InChI is InChI=1S/C31H50F3NO3/c1-4-5-6-7-8-9-10-11-12-13-14-15-16-17-18-19-22-38-31(37)27(23-24(2)3)35-30(36)25-20-21-26(32)29(34)28(25)33/h20-21,24,27H,4-19,22-23H2,1-3H3,(H,35,36). The third-order valence-corrected chi connectivity index (χ3v) is 6.82. The number of carbonyl (C=O) groups is 2. The molecule has 0 aliphatic carbocycles. The van der Waals surface area contributed by atoms with Crippen LogP contribution in [0.5, 0.6) is 0 Å². The molecule has 4 nitrogen and oxygen atoms in total. The lowest BCUT2D eigenvalue weighted by Gasteiger charge is -2.19. The zero-order valence-corrected chi connectivity index (χ0v) is 23.9. The van der Waals surface area contributed by atoms with E-state index in [-0.39, 0.29) is 18.9 Å². The molecule has 0 spiro atoms. The predicted octanol–water partition coefficient (Wildman–Crippen LogP) is 9.05. The van der Waals surface area contributed by atoms with Gasteiger partial charge < -0.3 is 10.1 Å².